The lowest BCUT2D eigenvalue weighted by Gasteiger charge is -2.43. The van der Waals surface area contributed by atoms with Crippen LogP contribution < -0.4 is 14.4 Å². The van der Waals surface area contributed by atoms with Crippen LogP contribution in [-0.4, -0.2) is 84.7 Å². The van der Waals surface area contributed by atoms with Crippen LogP contribution in [-0.2, 0) is 17.6 Å². The van der Waals surface area contributed by atoms with Crippen molar-refractivity contribution in [2.24, 2.45) is 0 Å². The van der Waals surface area contributed by atoms with Crippen LogP contribution in [0.15, 0.2) is 30.5 Å². The summed E-state index contributed by atoms with van der Waals surface area (Å²) < 4.78 is 10.9. The summed E-state index contributed by atoms with van der Waals surface area (Å²) in [6.07, 6.45) is 7.58. The average molecular weight is 452 g/mol. The quantitative estimate of drug-likeness (QED) is 0.667. The van der Waals surface area contributed by atoms with E-state index < -0.39 is 0 Å². The molecule has 2 aliphatic heterocycles. The number of carbonyl (C=O) groups excluding carboxylic acids is 1. The molecule has 0 bridgehead atoms. The number of piperazine rings is 1. The molecule has 8 nitrogen and oxygen atoms in total. The number of fused-ring (bicyclic) bond motifs is 1. The van der Waals surface area contributed by atoms with Crippen LogP contribution >= 0.6 is 0 Å². The minimum absolute atomic E-state index is 0.00840. The summed E-state index contributed by atoms with van der Waals surface area (Å²) in [5.41, 5.74) is 2.22. The molecule has 3 aliphatic rings. The molecule has 176 valence electrons. The lowest BCUT2D eigenvalue weighted by atomic mass is 9.91. The highest BCUT2D eigenvalue weighted by atomic mass is 16.5. The Balaban J connectivity index is 1.15. The molecule has 1 aromatic heterocycles. The van der Waals surface area contributed by atoms with Gasteiger partial charge in [-0.25, -0.2) is 9.97 Å². The van der Waals surface area contributed by atoms with Crippen molar-refractivity contribution in [2.75, 3.05) is 57.9 Å². The lowest BCUT2D eigenvalue weighted by Crippen LogP contribution is -2.52. The molecular weight excluding hydrogens is 418 g/mol. The van der Waals surface area contributed by atoms with Crippen molar-refractivity contribution in [1.29, 1.82) is 0 Å². The SMILES string of the molecule is COc1cccc(OCC(=O)N2CCc3cnc(N4CCN(C5CCC5)CC4)nc3CC2)c1. The van der Waals surface area contributed by atoms with E-state index in [0.717, 1.165) is 62.3 Å². The zero-order valence-corrected chi connectivity index (χ0v) is 19.4. The third-order valence-corrected chi connectivity index (χ3v) is 7.16. The predicted octanol–water partition coefficient (Wildman–Crippen LogP) is 2.17. The zero-order valence-electron chi connectivity index (χ0n) is 19.4. The number of ether oxygens (including phenoxy) is 2. The van der Waals surface area contributed by atoms with Crippen LogP contribution in [0.4, 0.5) is 5.95 Å². The van der Waals surface area contributed by atoms with Gasteiger partial charge < -0.3 is 19.3 Å². The van der Waals surface area contributed by atoms with Crippen molar-refractivity contribution in [1.82, 2.24) is 19.8 Å². The molecular formula is C25H33N5O3. The fourth-order valence-electron chi connectivity index (χ4n) is 4.83. The van der Waals surface area contributed by atoms with Gasteiger partial charge in [0.15, 0.2) is 6.61 Å². The van der Waals surface area contributed by atoms with Crippen molar-refractivity contribution in [3.8, 4) is 11.5 Å². The molecule has 0 radical (unpaired) electrons. The number of rotatable bonds is 6. The van der Waals surface area contributed by atoms with Gasteiger partial charge in [-0.1, -0.05) is 12.5 Å². The molecule has 0 N–H and O–H groups in total. The van der Waals surface area contributed by atoms with E-state index in [1.54, 1.807) is 13.2 Å². The number of benzene rings is 1. The number of hydrogen-bond donors (Lipinski definition) is 0. The third kappa shape index (κ3) is 5.05. The molecule has 33 heavy (non-hydrogen) atoms. The van der Waals surface area contributed by atoms with Gasteiger partial charge >= 0.3 is 0 Å². The van der Waals surface area contributed by atoms with E-state index >= 15 is 0 Å². The molecule has 1 saturated heterocycles. The first-order valence-corrected chi connectivity index (χ1v) is 12.1. The monoisotopic (exact) mass is 451 g/mol. The van der Waals surface area contributed by atoms with Gasteiger partial charge in [0, 0.05) is 64.0 Å². The summed E-state index contributed by atoms with van der Waals surface area (Å²) in [5, 5.41) is 0. The Labute approximate surface area is 195 Å². The average Bonchev–Trinajstić information content (AvgIpc) is 3.04. The Morgan fingerprint density at radius 2 is 1.85 bits per heavy atom. The van der Waals surface area contributed by atoms with E-state index in [9.17, 15) is 4.79 Å². The largest absolute Gasteiger partial charge is 0.497 e. The zero-order chi connectivity index (χ0) is 22.6. The highest BCUT2D eigenvalue weighted by molar-refractivity contribution is 5.78. The predicted molar refractivity (Wildman–Crippen MR) is 126 cm³/mol. The number of amides is 1. The van der Waals surface area contributed by atoms with Crippen LogP contribution in [0.1, 0.15) is 30.5 Å². The first-order valence-electron chi connectivity index (χ1n) is 12.1. The van der Waals surface area contributed by atoms with Gasteiger partial charge in [0.2, 0.25) is 5.95 Å². The molecule has 0 atom stereocenters. The molecule has 2 aromatic rings. The standard InChI is InChI=1S/C25H33N5O3/c1-32-21-6-3-7-22(16-21)33-18-24(31)29-10-8-19-17-26-25(27-23(19)9-11-29)30-14-12-28(13-15-30)20-4-2-5-20/h3,6-7,16-17,20H,2,4-5,8-15,18H2,1H3. The number of methoxy groups -OCH3 is 1. The van der Waals surface area contributed by atoms with Crippen LogP contribution in [0, 0.1) is 0 Å². The van der Waals surface area contributed by atoms with Gasteiger partial charge in [-0.05, 0) is 37.0 Å². The maximum atomic E-state index is 12.8. The van der Waals surface area contributed by atoms with Gasteiger partial charge in [0.25, 0.3) is 5.91 Å². The summed E-state index contributed by atoms with van der Waals surface area (Å²) in [6, 6.07) is 8.12. The third-order valence-electron chi connectivity index (χ3n) is 7.16. The smallest absolute Gasteiger partial charge is 0.260 e. The van der Waals surface area contributed by atoms with E-state index in [1.807, 2.05) is 29.3 Å². The van der Waals surface area contributed by atoms with Crippen molar-refractivity contribution < 1.29 is 14.3 Å². The minimum Gasteiger partial charge on any atom is -0.497 e. The Morgan fingerprint density at radius 1 is 1.06 bits per heavy atom. The Bertz CT molecular complexity index is 972. The normalized spacial score (nSPS) is 19.4. The van der Waals surface area contributed by atoms with Crippen molar-refractivity contribution in [3.05, 3.63) is 41.7 Å². The number of anilines is 1. The fraction of sp³-hybridized carbons (Fsp3) is 0.560. The molecule has 0 unspecified atom stereocenters. The van der Waals surface area contributed by atoms with Crippen molar-refractivity contribution >= 4 is 11.9 Å². The molecule has 1 aromatic carbocycles. The molecule has 1 saturated carbocycles. The lowest BCUT2D eigenvalue weighted by molar-refractivity contribution is -0.133. The van der Waals surface area contributed by atoms with Gasteiger partial charge in [0.05, 0.1) is 12.8 Å². The van der Waals surface area contributed by atoms with Crippen molar-refractivity contribution in [2.45, 2.75) is 38.1 Å². The van der Waals surface area contributed by atoms with Crippen molar-refractivity contribution in [3.63, 3.8) is 0 Å². The van der Waals surface area contributed by atoms with Gasteiger partial charge in [-0.3, -0.25) is 9.69 Å². The van der Waals surface area contributed by atoms with E-state index in [4.69, 9.17) is 14.5 Å². The van der Waals surface area contributed by atoms with Gasteiger partial charge in [-0.15, -0.1) is 0 Å². The van der Waals surface area contributed by atoms with E-state index in [-0.39, 0.29) is 12.5 Å². The van der Waals surface area contributed by atoms with E-state index in [1.165, 1.54) is 19.3 Å². The van der Waals surface area contributed by atoms with Gasteiger partial charge in [-0.2, -0.15) is 0 Å². The van der Waals surface area contributed by atoms with Crippen LogP contribution in [0.2, 0.25) is 0 Å². The molecule has 3 heterocycles. The molecule has 0 spiro atoms. The summed E-state index contributed by atoms with van der Waals surface area (Å²) in [7, 11) is 1.61. The Morgan fingerprint density at radius 3 is 2.61 bits per heavy atom. The second-order valence-electron chi connectivity index (χ2n) is 9.10. The number of aromatic nitrogens is 2. The summed E-state index contributed by atoms with van der Waals surface area (Å²) in [6.45, 7) is 5.51. The second-order valence-corrected chi connectivity index (χ2v) is 9.10. The number of carbonyl (C=O) groups is 1. The number of hydrogen-bond acceptors (Lipinski definition) is 7. The molecule has 5 rings (SSSR count). The molecule has 2 fully saturated rings. The molecule has 8 heteroatoms. The topological polar surface area (TPSA) is 71.0 Å². The van der Waals surface area contributed by atoms with Gasteiger partial charge in [0.1, 0.15) is 11.5 Å². The fourth-order valence-corrected chi connectivity index (χ4v) is 4.83. The first-order chi connectivity index (χ1) is 16.2. The van der Waals surface area contributed by atoms with Crippen LogP contribution in [0.25, 0.3) is 0 Å². The second kappa shape index (κ2) is 9.95. The summed E-state index contributed by atoms with van der Waals surface area (Å²) in [4.78, 5) is 29.2. The van der Waals surface area contributed by atoms with E-state index in [0.29, 0.717) is 24.6 Å². The maximum absolute atomic E-state index is 12.8. The summed E-state index contributed by atoms with van der Waals surface area (Å²) in [5.74, 6) is 2.17. The highest BCUT2D eigenvalue weighted by Gasteiger charge is 2.29. The Hall–Kier alpha value is -2.87. The number of nitrogens with zero attached hydrogens (tertiary/aromatic N) is 5. The maximum Gasteiger partial charge on any atom is 0.260 e. The molecule has 1 aliphatic carbocycles. The van der Waals surface area contributed by atoms with Crippen LogP contribution in [0.3, 0.4) is 0 Å². The highest BCUT2D eigenvalue weighted by Crippen LogP contribution is 2.26. The Kier molecular flexibility index (Phi) is 6.62. The first kappa shape index (κ1) is 21.9. The van der Waals surface area contributed by atoms with Crippen LogP contribution in [0.5, 0.6) is 11.5 Å². The molecule has 1 amide bonds. The summed E-state index contributed by atoms with van der Waals surface area (Å²) >= 11 is 0. The van der Waals surface area contributed by atoms with E-state index in [2.05, 4.69) is 14.8 Å². The minimum atomic E-state index is -0.00840.